The molecule has 0 spiro atoms. The fourth-order valence-corrected chi connectivity index (χ4v) is 3.25. The number of rotatable bonds is 3. The summed E-state index contributed by atoms with van der Waals surface area (Å²) in [5, 5.41) is 0. The molecule has 2 aromatic rings. The van der Waals surface area contributed by atoms with Gasteiger partial charge in [0.1, 0.15) is 0 Å². The monoisotopic (exact) mass is 265 g/mol. The lowest BCUT2D eigenvalue weighted by Gasteiger charge is -2.36. The van der Waals surface area contributed by atoms with Gasteiger partial charge in [0.05, 0.1) is 0 Å². The standard InChI is InChI=1S/C19H23N/c1-16-8-7-11-18(14-16)19-12-5-6-13-20(19)15-17-9-3-2-4-10-17/h2-4,7-11,14,19H,5-6,12-13,15H2,1H3/t19-/m0/s1. The van der Waals surface area contributed by atoms with Crippen LogP contribution in [0.15, 0.2) is 54.6 Å². The molecule has 1 heterocycles. The summed E-state index contributed by atoms with van der Waals surface area (Å²) in [7, 11) is 0. The van der Waals surface area contributed by atoms with Gasteiger partial charge >= 0.3 is 0 Å². The predicted molar refractivity (Wildman–Crippen MR) is 84.6 cm³/mol. The minimum Gasteiger partial charge on any atom is -0.292 e. The number of aryl methyl sites for hydroxylation is 1. The first-order valence-electron chi connectivity index (χ1n) is 7.67. The molecule has 0 N–H and O–H groups in total. The number of likely N-dealkylation sites (tertiary alicyclic amines) is 1. The second-order valence-corrected chi connectivity index (χ2v) is 5.88. The van der Waals surface area contributed by atoms with E-state index in [1.165, 1.54) is 42.5 Å². The zero-order valence-electron chi connectivity index (χ0n) is 12.3. The molecule has 0 aliphatic carbocycles. The third-order valence-corrected chi connectivity index (χ3v) is 4.27. The summed E-state index contributed by atoms with van der Waals surface area (Å²) in [5.74, 6) is 0. The minimum absolute atomic E-state index is 0.587. The molecule has 104 valence electrons. The maximum atomic E-state index is 2.65. The molecule has 0 amide bonds. The lowest BCUT2D eigenvalue weighted by molar-refractivity contribution is 0.140. The van der Waals surface area contributed by atoms with Gasteiger partial charge in [-0.2, -0.15) is 0 Å². The van der Waals surface area contributed by atoms with Crippen molar-refractivity contribution in [1.29, 1.82) is 0 Å². The van der Waals surface area contributed by atoms with Crippen LogP contribution in [0.25, 0.3) is 0 Å². The number of benzene rings is 2. The van der Waals surface area contributed by atoms with Gasteiger partial charge in [0.15, 0.2) is 0 Å². The van der Waals surface area contributed by atoms with Crippen LogP contribution < -0.4 is 0 Å². The zero-order valence-corrected chi connectivity index (χ0v) is 12.3. The number of nitrogens with zero attached hydrogens (tertiary/aromatic N) is 1. The third kappa shape index (κ3) is 3.10. The Balaban J connectivity index is 1.80. The van der Waals surface area contributed by atoms with E-state index >= 15 is 0 Å². The van der Waals surface area contributed by atoms with Crippen molar-refractivity contribution in [2.75, 3.05) is 6.54 Å². The summed E-state index contributed by atoms with van der Waals surface area (Å²) in [5.41, 5.74) is 4.28. The van der Waals surface area contributed by atoms with E-state index < -0.39 is 0 Å². The van der Waals surface area contributed by atoms with Gasteiger partial charge in [-0.05, 0) is 37.4 Å². The van der Waals surface area contributed by atoms with E-state index in [2.05, 4.69) is 66.4 Å². The van der Waals surface area contributed by atoms with Crippen molar-refractivity contribution in [3.63, 3.8) is 0 Å². The Labute approximate surface area is 122 Å². The molecule has 0 radical (unpaired) electrons. The van der Waals surface area contributed by atoms with Gasteiger partial charge in [0.2, 0.25) is 0 Å². The minimum atomic E-state index is 0.587. The zero-order chi connectivity index (χ0) is 13.8. The molecule has 0 aromatic heterocycles. The van der Waals surface area contributed by atoms with Crippen molar-refractivity contribution in [3.8, 4) is 0 Å². The van der Waals surface area contributed by atoms with Gasteiger partial charge in [-0.15, -0.1) is 0 Å². The molecule has 1 nitrogen and oxygen atoms in total. The predicted octanol–water partition coefficient (Wildman–Crippen LogP) is 4.72. The summed E-state index contributed by atoms with van der Waals surface area (Å²) in [6.45, 7) is 4.47. The number of piperidine rings is 1. The first-order valence-corrected chi connectivity index (χ1v) is 7.67. The summed E-state index contributed by atoms with van der Waals surface area (Å²) >= 11 is 0. The van der Waals surface area contributed by atoms with Gasteiger partial charge in [-0.3, -0.25) is 4.90 Å². The average Bonchev–Trinajstić information content (AvgIpc) is 2.49. The number of hydrogen-bond acceptors (Lipinski definition) is 1. The van der Waals surface area contributed by atoms with Gasteiger partial charge in [-0.1, -0.05) is 66.6 Å². The van der Waals surface area contributed by atoms with E-state index in [9.17, 15) is 0 Å². The van der Waals surface area contributed by atoms with Crippen molar-refractivity contribution in [3.05, 3.63) is 71.3 Å². The fourth-order valence-electron chi connectivity index (χ4n) is 3.25. The van der Waals surface area contributed by atoms with Gasteiger partial charge in [0.25, 0.3) is 0 Å². The molecular formula is C19H23N. The summed E-state index contributed by atoms with van der Waals surface area (Å²) < 4.78 is 0. The van der Waals surface area contributed by atoms with Crippen molar-refractivity contribution in [2.45, 2.75) is 38.8 Å². The molecule has 1 atom stereocenters. The highest BCUT2D eigenvalue weighted by molar-refractivity contribution is 5.26. The van der Waals surface area contributed by atoms with Gasteiger partial charge in [-0.25, -0.2) is 0 Å². The Hall–Kier alpha value is -1.60. The van der Waals surface area contributed by atoms with Crippen LogP contribution in [0.2, 0.25) is 0 Å². The first-order chi connectivity index (χ1) is 9.83. The lowest BCUT2D eigenvalue weighted by atomic mass is 9.94. The van der Waals surface area contributed by atoms with Crippen molar-refractivity contribution in [1.82, 2.24) is 4.90 Å². The molecular weight excluding hydrogens is 242 g/mol. The Bertz CT molecular complexity index is 547. The summed E-state index contributed by atoms with van der Waals surface area (Å²) in [6.07, 6.45) is 3.97. The molecule has 1 aliphatic heterocycles. The molecule has 0 bridgehead atoms. The molecule has 1 aliphatic rings. The van der Waals surface area contributed by atoms with Crippen LogP contribution in [0.4, 0.5) is 0 Å². The topological polar surface area (TPSA) is 3.24 Å². The van der Waals surface area contributed by atoms with E-state index in [1.807, 2.05) is 0 Å². The van der Waals surface area contributed by atoms with Crippen LogP contribution in [0.3, 0.4) is 0 Å². The number of hydrogen-bond donors (Lipinski definition) is 0. The van der Waals surface area contributed by atoms with Crippen LogP contribution >= 0.6 is 0 Å². The van der Waals surface area contributed by atoms with E-state index in [4.69, 9.17) is 0 Å². The highest BCUT2D eigenvalue weighted by Crippen LogP contribution is 2.32. The largest absolute Gasteiger partial charge is 0.292 e. The Morgan fingerprint density at radius 1 is 1.00 bits per heavy atom. The van der Waals surface area contributed by atoms with Crippen molar-refractivity contribution in [2.24, 2.45) is 0 Å². The molecule has 1 heteroatoms. The Morgan fingerprint density at radius 2 is 1.85 bits per heavy atom. The summed E-state index contributed by atoms with van der Waals surface area (Å²) in [4.78, 5) is 2.65. The third-order valence-electron chi connectivity index (χ3n) is 4.27. The second-order valence-electron chi connectivity index (χ2n) is 5.88. The van der Waals surface area contributed by atoms with E-state index in [0.717, 1.165) is 6.54 Å². The van der Waals surface area contributed by atoms with Crippen LogP contribution in [0, 0.1) is 6.92 Å². The average molecular weight is 265 g/mol. The maximum absolute atomic E-state index is 2.65. The normalized spacial score (nSPS) is 19.9. The van der Waals surface area contributed by atoms with Gasteiger partial charge < -0.3 is 0 Å². The first kappa shape index (κ1) is 13.4. The molecule has 20 heavy (non-hydrogen) atoms. The second kappa shape index (κ2) is 6.23. The molecule has 0 saturated carbocycles. The van der Waals surface area contributed by atoms with E-state index in [-0.39, 0.29) is 0 Å². The Kier molecular flexibility index (Phi) is 4.17. The molecule has 3 rings (SSSR count). The van der Waals surface area contributed by atoms with Crippen molar-refractivity contribution >= 4 is 0 Å². The highest BCUT2D eigenvalue weighted by atomic mass is 15.2. The highest BCUT2D eigenvalue weighted by Gasteiger charge is 2.23. The molecule has 1 fully saturated rings. The van der Waals surface area contributed by atoms with E-state index in [0.29, 0.717) is 6.04 Å². The lowest BCUT2D eigenvalue weighted by Crippen LogP contribution is -2.32. The smallest absolute Gasteiger partial charge is 0.0351 e. The fraction of sp³-hybridized carbons (Fsp3) is 0.368. The van der Waals surface area contributed by atoms with Gasteiger partial charge in [0, 0.05) is 12.6 Å². The SMILES string of the molecule is Cc1cccc([C@@H]2CCCCN2Cc2ccccc2)c1. The quantitative estimate of drug-likeness (QED) is 0.776. The van der Waals surface area contributed by atoms with E-state index in [1.54, 1.807) is 0 Å². The van der Waals surface area contributed by atoms with Crippen LogP contribution in [0.1, 0.15) is 42.0 Å². The van der Waals surface area contributed by atoms with Crippen LogP contribution in [0.5, 0.6) is 0 Å². The van der Waals surface area contributed by atoms with Crippen molar-refractivity contribution < 1.29 is 0 Å². The Morgan fingerprint density at radius 3 is 2.65 bits per heavy atom. The molecule has 0 unspecified atom stereocenters. The molecule has 1 saturated heterocycles. The maximum Gasteiger partial charge on any atom is 0.0351 e. The molecule has 2 aromatic carbocycles. The summed E-state index contributed by atoms with van der Waals surface area (Å²) in [6, 6.07) is 20.5. The van der Waals surface area contributed by atoms with Crippen LogP contribution in [-0.4, -0.2) is 11.4 Å². The van der Waals surface area contributed by atoms with Crippen LogP contribution in [-0.2, 0) is 6.54 Å².